The standard InChI is InChI=1S/C21H24N2O3S.C16H14BrNO3S.2C12H27P.C6H12.C2H4I2.C2H4I.Pd.V/c1-22-10-7-21(12-22)13-27-20-18(25)17(24)15-6-5-14(11-16(15)19(20)26-21)23-8-3-2-4-9-23;1-18-5-4-16(7-18)8-22-15-13(20)12(19)10-3-2-9(17)6-11(10)14(15)21-16;2*1-10(2,3)13(11(4,5)6)12(7,8)9;1-2-4-6-5-3-1;1-2(3)4;1-2-3;;/h5-6,11H,2-4,7-10,12-13H2,1H3;2-3,6H,4-5,7-8H2,1H3;2*1-9H3;1-6H2;2H,1H3;2H,1H3;;/q;;;;;;-1;;. The molecule has 2 spiro atoms. The van der Waals surface area contributed by atoms with Crippen molar-refractivity contribution in [3.05, 3.63) is 77.4 Å². The summed E-state index contributed by atoms with van der Waals surface area (Å²) in [5.41, 5.74) is 3.09. The molecule has 513 valence electrons. The maximum absolute atomic E-state index is 12.6. The zero-order valence-corrected chi connectivity index (χ0v) is 73.3. The van der Waals surface area contributed by atoms with Gasteiger partial charge in [0, 0.05) is 135 Å². The van der Waals surface area contributed by atoms with Crippen LogP contribution in [-0.4, -0.2) is 142 Å². The Hall–Kier alpha value is 1.40. The zero-order valence-electron chi connectivity index (χ0n) is 58.8. The molecular weight excluding hydrogens is 1730 g/mol. The molecule has 4 fully saturated rings. The second-order valence-corrected chi connectivity index (χ2v) is 50.4. The Labute approximate surface area is 633 Å². The Bertz CT molecular complexity index is 2650. The number of nitrogens with zero attached hydrogens (tertiary/aromatic N) is 3. The number of Topliss-reactive ketones (excluding diaryl/α,β-unsaturated/α-hetero) is 4. The first-order valence-electron chi connectivity index (χ1n) is 32.1. The van der Waals surface area contributed by atoms with Gasteiger partial charge in [0.2, 0.25) is 23.1 Å². The van der Waals surface area contributed by atoms with Crippen LogP contribution in [0.25, 0.3) is 11.5 Å². The number of anilines is 1. The maximum Gasteiger partial charge on any atom is 0.243 e. The van der Waals surface area contributed by atoms with Gasteiger partial charge in [0.1, 0.15) is 32.5 Å². The average Bonchev–Trinajstić information content (AvgIpc) is 2.67. The molecule has 3 aliphatic carbocycles. The van der Waals surface area contributed by atoms with Gasteiger partial charge in [-0.25, -0.2) is 0 Å². The van der Waals surface area contributed by atoms with E-state index in [0.717, 1.165) is 86.8 Å². The van der Waals surface area contributed by atoms with E-state index in [4.69, 9.17) is 9.47 Å². The topological polar surface area (TPSA) is 96.5 Å². The molecule has 19 heteroatoms. The largest absolute Gasteiger partial charge is 0.483 e. The summed E-state index contributed by atoms with van der Waals surface area (Å²) in [5, 5.41) is 2.70. The third-order valence-electron chi connectivity index (χ3n) is 16.1. The summed E-state index contributed by atoms with van der Waals surface area (Å²) in [4.78, 5) is 57.8. The van der Waals surface area contributed by atoms with Crippen LogP contribution in [0, 0.1) is 4.43 Å². The first-order valence-corrected chi connectivity index (χ1v) is 41.3. The van der Waals surface area contributed by atoms with Gasteiger partial charge < -0.3 is 46.8 Å². The molecule has 5 aliphatic heterocycles. The number of halogens is 4. The number of thioether (sulfide) groups is 2. The van der Waals surface area contributed by atoms with E-state index >= 15 is 0 Å². The number of alkyl halides is 2. The van der Waals surface area contributed by atoms with Gasteiger partial charge in [-0.15, -0.1) is 23.5 Å². The van der Waals surface area contributed by atoms with Crippen molar-refractivity contribution in [2.75, 3.05) is 69.8 Å². The molecule has 0 N–H and O–H groups in total. The molecule has 90 heavy (non-hydrogen) atoms. The number of ether oxygens (including phenoxy) is 2. The fourth-order valence-electron chi connectivity index (χ4n) is 15.0. The van der Waals surface area contributed by atoms with Crippen molar-refractivity contribution < 1.29 is 67.6 Å². The molecule has 2 aromatic carbocycles. The zero-order chi connectivity index (χ0) is 66.8. The van der Waals surface area contributed by atoms with Crippen LogP contribution in [0.3, 0.4) is 0 Å². The summed E-state index contributed by atoms with van der Waals surface area (Å²) in [5.74, 6) is 1.01. The van der Waals surface area contributed by atoms with E-state index in [0.29, 0.717) is 63.4 Å². The molecule has 10 rings (SSSR count). The minimum atomic E-state index is -0.434. The second-order valence-electron chi connectivity index (χ2n) is 30.8. The van der Waals surface area contributed by atoms with Gasteiger partial charge in [-0.2, -0.15) is 6.92 Å². The number of carbonyl (C=O) groups is 4. The number of hydrogen-bond acceptors (Lipinski definition) is 11. The second kappa shape index (κ2) is 37.2. The third-order valence-corrected chi connectivity index (χ3v) is 27.3. The van der Waals surface area contributed by atoms with Gasteiger partial charge in [0.05, 0.1) is 1.93 Å². The molecule has 0 aromatic heterocycles. The van der Waals surface area contributed by atoms with Crippen molar-refractivity contribution in [1.29, 1.82) is 0 Å². The quantitative estimate of drug-likeness (QED) is 0.0682. The number of carbonyl (C=O) groups excluding carboxylic acids is 4. The Kier molecular flexibility index (Phi) is 36.1. The fraction of sp³-hybridized carbons (Fsp3) is 0.704. The summed E-state index contributed by atoms with van der Waals surface area (Å²) in [6.45, 7) is 52.8. The monoisotopic (exact) mass is 1850 g/mol. The first-order chi connectivity index (χ1) is 40.4. The number of piperidine rings is 1. The SMILES string of the molecule is C1CCCCC1.CC(C)(C)P(C(C)(C)C)C(C)(C)C.CC(C)(C)P(C(C)(C)C)C(C)(C)C.CC(I)I.CN1CCC2(CSC3=C(O2)c2cc(Br)ccc2C(=O)C3=O)C1.CN1CCC2(CSC3=C(O2)c2cc(N4CCCCC4)ccc2C(=O)C3=O)C1.C[CH-]I.[Pd].[V]. The van der Waals surface area contributed by atoms with Crippen molar-refractivity contribution in [2.45, 2.75) is 253 Å². The molecule has 5 heterocycles. The summed E-state index contributed by atoms with van der Waals surface area (Å²) in [6, 6.07) is 11.2. The van der Waals surface area contributed by atoms with E-state index in [9.17, 15) is 19.2 Å². The molecule has 1 radical (unpaired) electrons. The van der Waals surface area contributed by atoms with E-state index in [1.807, 2.05) is 29.6 Å². The van der Waals surface area contributed by atoms with Gasteiger partial charge in [-0.3, -0.25) is 23.6 Å². The summed E-state index contributed by atoms with van der Waals surface area (Å²) in [7, 11) is 4.21. The van der Waals surface area contributed by atoms with Crippen LogP contribution in [0.2, 0.25) is 0 Å². The Morgan fingerprint density at radius 3 is 1.11 bits per heavy atom. The smallest absolute Gasteiger partial charge is 0.243 e. The van der Waals surface area contributed by atoms with Gasteiger partial charge in [0.15, 0.2) is 0 Å². The molecule has 3 saturated heterocycles. The fourth-order valence-corrected chi connectivity index (χ4v) is 29.9. The van der Waals surface area contributed by atoms with E-state index in [1.165, 1.54) is 81.3 Å². The van der Waals surface area contributed by atoms with Crippen LogP contribution in [0.4, 0.5) is 5.69 Å². The average molecular weight is 1850 g/mol. The van der Waals surface area contributed by atoms with Gasteiger partial charge >= 0.3 is 0 Å². The summed E-state index contributed by atoms with van der Waals surface area (Å²) >= 11 is 13.2. The Balaban J connectivity index is 0.000000395. The third kappa shape index (κ3) is 25.5. The number of fused-ring (bicyclic) bond motifs is 4. The number of likely N-dealkylation sites (N-methyl/N-ethyl adjacent to an activating group) is 2. The molecular formula is C71H112BrI3N3O6P2PdS2V-. The van der Waals surface area contributed by atoms with Crippen LogP contribution < -0.4 is 4.90 Å². The van der Waals surface area contributed by atoms with Crippen molar-refractivity contribution in [3.8, 4) is 0 Å². The van der Waals surface area contributed by atoms with E-state index in [-0.39, 0.29) is 66.0 Å². The van der Waals surface area contributed by atoms with Crippen molar-refractivity contribution in [1.82, 2.24) is 9.80 Å². The summed E-state index contributed by atoms with van der Waals surface area (Å²) in [6.07, 6.45) is 14.6. The van der Waals surface area contributed by atoms with E-state index in [2.05, 4.69) is 250 Å². The number of allylic oxidation sites excluding steroid dienone is 2. The predicted octanol–water partition coefficient (Wildman–Crippen LogP) is 21.5. The van der Waals surface area contributed by atoms with Gasteiger partial charge in [-0.05, 0) is 108 Å². The first kappa shape index (κ1) is 87.5. The molecule has 9 nitrogen and oxygen atoms in total. The number of likely N-dealkylation sites (tertiary alicyclic amines) is 2. The minimum Gasteiger partial charge on any atom is -0.483 e. The van der Waals surface area contributed by atoms with E-state index < -0.39 is 23.1 Å². The van der Waals surface area contributed by atoms with Gasteiger partial charge in [0.25, 0.3) is 0 Å². The molecule has 1 saturated carbocycles. The molecule has 2 unspecified atom stereocenters. The molecule has 8 aliphatic rings. The molecule has 0 amide bonds. The van der Waals surface area contributed by atoms with Crippen LogP contribution >= 0.6 is 123 Å². The number of ketones is 4. The van der Waals surface area contributed by atoms with Crippen LogP contribution in [-0.2, 0) is 58.0 Å². The van der Waals surface area contributed by atoms with Crippen molar-refractivity contribution in [2.24, 2.45) is 0 Å². The van der Waals surface area contributed by atoms with Gasteiger partial charge in [-0.1, -0.05) is 240 Å². The van der Waals surface area contributed by atoms with Crippen molar-refractivity contribution in [3.63, 3.8) is 0 Å². The number of rotatable bonds is 1. The minimum absolute atomic E-state index is 0. The van der Waals surface area contributed by atoms with Crippen LogP contribution in [0.5, 0.6) is 0 Å². The maximum atomic E-state index is 12.6. The van der Waals surface area contributed by atoms with Crippen LogP contribution in [0.1, 0.15) is 241 Å². The Morgan fingerprint density at radius 2 is 0.822 bits per heavy atom. The molecule has 0 bridgehead atoms. The summed E-state index contributed by atoms with van der Waals surface area (Å²) < 4.78 is 16.5. The van der Waals surface area contributed by atoms with Crippen molar-refractivity contribution >= 4 is 163 Å². The predicted molar refractivity (Wildman–Crippen MR) is 417 cm³/mol. The number of hydrogen-bond donors (Lipinski definition) is 0. The van der Waals surface area contributed by atoms with E-state index in [1.54, 1.807) is 12.1 Å². The molecule has 2 atom stereocenters. The molecule has 2 aromatic rings. The number of benzene rings is 2. The normalized spacial score (nSPS) is 21.9. The Morgan fingerprint density at radius 1 is 0.522 bits per heavy atom. The van der Waals surface area contributed by atoms with Crippen LogP contribution in [0.15, 0.2) is 50.7 Å².